The molecular formula is C16H27IN6S. The minimum Gasteiger partial charge on any atom is -0.356 e. The van der Waals surface area contributed by atoms with Gasteiger partial charge in [-0.3, -0.25) is 4.99 Å². The Morgan fingerprint density at radius 2 is 2.17 bits per heavy atom. The van der Waals surface area contributed by atoms with Crippen LogP contribution in [-0.2, 0) is 19.5 Å². The molecule has 0 bridgehead atoms. The number of aliphatic imine (C=N–C) groups is 1. The highest BCUT2D eigenvalue weighted by atomic mass is 127. The van der Waals surface area contributed by atoms with Gasteiger partial charge in [0.15, 0.2) is 5.96 Å². The maximum absolute atomic E-state index is 4.46. The van der Waals surface area contributed by atoms with Crippen molar-refractivity contribution in [1.82, 2.24) is 25.2 Å². The summed E-state index contributed by atoms with van der Waals surface area (Å²) in [6.07, 6.45) is 4.77. The van der Waals surface area contributed by atoms with Gasteiger partial charge in [-0.25, -0.2) is 9.97 Å². The maximum Gasteiger partial charge on any atom is 0.191 e. The zero-order valence-electron chi connectivity index (χ0n) is 14.7. The van der Waals surface area contributed by atoms with E-state index in [4.69, 9.17) is 0 Å². The fourth-order valence-electron chi connectivity index (χ4n) is 2.28. The molecule has 2 rings (SSSR count). The largest absolute Gasteiger partial charge is 0.356 e. The minimum absolute atomic E-state index is 0. The summed E-state index contributed by atoms with van der Waals surface area (Å²) in [5, 5.41) is 9.85. The molecule has 0 saturated carbocycles. The highest BCUT2D eigenvalue weighted by molar-refractivity contribution is 14.0. The van der Waals surface area contributed by atoms with Gasteiger partial charge in [-0.1, -0.05) is 13.8 Å². The predicted octanol–water partition coefficient (Wildman–Crippen LogP) is 2.83. The van der Waals surface area contributed by atoms with Crippen molar-refractivity contribution < 1.29 is 0 Å². The lowest BCUT2D eigenvalue weighted by molar-refractivity contribution is 0.503. The molecule has 0 aliphatic rings. The van der Waals surface area contributed by atoms with Gasteiger partial charge in [-0.2, -0.15) is 0 Å². The molecular weight excluding hydrogens is 435 g/mol. The van der Waals surface area contributed by atoms with Crippen molar-refractivity contribution in [3.63, 3.8) is 0 Å². The summed E-state index contributed by atoms with van der Waals surface area (Å²) in [4.78, 5) is 13.1. The van der Waals surface area contributed by atoms with Crippen LogP contribution < -0.4 is 10.6 Å². The molecule has 0 aliphatic carbocycles. The van der Waals surface area contributed by atoms with Gasteiger partial charge < -0.3 is 15.2 Å². The SMILES string of the molecule is CN=C(NCCc1csc(C)n1)NCc1nccn1CC(C)C.I. The van der Waals surface area contributed by atoms with E-state index in [0.717, 1.165) is 42.0 Å². The molecule has 0 fully saturated rings. The number of nitrogens with zero attached hydrogens (tertiary/aromatic N) is 4. The van der Waals surface area contributed by atoms with Crippen molar-refractivity contribution in [2.24, 2.45) is 10.9 Å². The average molecular weight is 462 g/mol. The summed E-state index contributed by atoms with van der Waals surface area (Å²) in [7, 11) is 1.78. The van der Waals surface area contributed by atoms with Crippen molar-refractivity contribution in [2.45, 2.75) is 40.3 Å². The number of nitrogens with one attached hydrogen (secondary N) is 2. The van der Waals surface area contributed by atoms with Crippen LogP contribution in [0.5, 0.6) is 0 Å². The molecule has 0 radical (unpaired) electrons. The molecule has 2 N–H and O–H groups in total. The zero-order valence-corrected chi connectivity index (χ0v) is 17.9. The molecule has 0 aromatic carbocycles. The lowest BCUT2D eigenvalue weighted by atomic mass is 10.2. The minimum atomic E-state index is 0. The van der Waals surface area contributed by atoms with Gasteiger partial charge >= 0.3 is 0 Å². The smallest absolute Gasteiger partial charge is 0.191 e. The van der Waals surface area contributed by atoms with Crippen molar-refractivity contribution >= 4 is 41.3 Å². The Morgan fingerprint density at radius 3 is 2.79 bits per heavy atom. The molecule has 0 unspecified atom stereocenters. The van der Waals surface area contributed by atoms with E-state index in [9.17, 15) is 0 Å². The summed E-state index contributed by atoms with van der Waals surface area (Å²) in [6.45, 7) is 8.89. The number of thiazole rings is 1. The third-order valence-electron chi connectivity index (χ3n) is 3.34. The number of hydrogen-bond donors (Lipinski definition) is 2. The third kappa shape index (κ3) is 6.76. The Balaban J connectivity index is 0.00000288. The van der Waals surface area contributed by atoms with Crippen LogP contribution in [0.2, 0.25) is 0 Å². The van der Waals surface area contributed by atoms with Gasteiger partial charge in [0.25, 0.3) is 0 Å². The molecule has 6 nitrogen and oxygen atoms in total. The van der Waals surface area contributed by atoms with E-state index in [1.54, 1.807) is 18.4 Å². The number of guanidine groups is 1. The van der Waals surface area contributed by atoms with Crippen LogP contribution in [-0.4, -0.2) is 34.1 Å². The third-order valence-corrected chi connectivity index (χ3v) is 4.16. The van der Waals surface area contributed by atoms with E-state index < -0.39 is 0 Å². The highest BCUT2D eigenvalue weighted by Gasteiger charge is 2.06. The molecule has 2 aromatic heterocycles. The average Bonchev–Trinajstić information content (AvgIpc) is 3.11. The van der Waals surface area contributed by atoms with Crippen molar-refractivity contribution in [1.29, 1.82) is 0 Å². The van der Waals surface area contributed by atoms with E-state index >= 15 is 0 Å². The summed E-state index contributed by atoms with van der Waals surface area (Å²) >= 11 is 1.69. The standard InChI is InChI=1S/C16H26N6S.HI/c1-12(2)10-22-8-7-18-15(22)9-20-16(17-4)19-6-5-14-11-23-13(3)21-14;/h7-8,11-12H,5-6,9-10H2,1-4H3,(H2,17,19,20);1H. The second-order valence-corrected chi connectivity index (χ2v) is 6.91. The first-order valence-corrected chi connectivity index (χ1v) is 8.82. The molecule has 24 heavy (non-hydrogen) atoms. The summed E-state index contributed by atoms with van der Waals surface area (Å²) in [5.74, 6) is 2.41. The first-order valence-electron chi connectivity index (χ1n) is 7.94. The second kappa shape index (κ2) is 10.7. The van der Waals surface area contributed by atoms with E-state index in [1.807, 2.05) is 19.3 Å². The first-order chi connectivity index (χ1) is 11.1. The molecule has 0 amide bonds. The van der Waals surface area contributed by atoms with Gasteiger partial charge in [-0.15, -0.1) is 35.3 Å². The number of hydrogen-bond acceptors (Lipinski definition) is 4. The number of imidazole rings is 1. The molecule has 2 aromatic rings. The predicted molar refractivity (Wildman–Crippen MR) is 111 cm³/mol. The molecule has 2 heterocycles. The molecule has 8 heteroatoms. The van der Waals surface area contributed by atoms with Gasteiger partial charge in [0.2, 0.25) is 0 Å². The van der Waals surface area contributed by atoms with E-state index in [2.05, 4.69) is 49.4 Å². The molecule has 134 valence electrons. The van der Waals surface area contributed by atoms with Gasteiger partial charge in [-0.05, 0) is 12.8 Å². The van der Waals surface area contributed by atoms with E-state index in [-0.39, 0.29) is 24.0 Å². The van der Waals surface area contributed by atoms with Gasteiger partial charge in [0.05, 0.1) is 17.2 Å². The Morgan fingerprint density at radius 1 is 1.38 bits per heavy atom. The Bertz CT molecular complexity index is 634. The van der Waals surface area contributed by atoms with Crippen LogP contribution in [0.25, 0.3) is 0 Å². The maximum atomic E-state index is 4.46. The molecule has 0 aliphatic heterocycles. The second-order valence-electron chi connectivity index (χ2n) is 5.85. The monoisotopic (exact) mass is 462 g/mol. The number of halogens is 1. The number of aromatic nitrogens is 3. The summed E-state index contributed by atoms with van der Waals surface area (Å²) in [5.41, 5.74) is 1.13. The van der Waals surface area contributed by atoms with Crippen LogP contribution in [0.3, 0.4) is 0 Å². The van der Waals surface area contributed by atoms with Crippen molar-refractivity contribution in [3.8, 4) is 0 Å². The molecule has 0 atom stereocenters. The Labute approximate surface area is 165 Å². The van der Waals surface area contributed by atoms with Crippen LogP contribution in [0.1, 0.15) is 30.4 Å². The fraction of sp³-hybridized carbons (Fsp3) is 0.562. The van der Waals surface area contributed by atoms with Crippen LogP contribution in [0, 0.1) is 12.8 Å². The summed E-state index contributed by atoms with van der Waals surface area (Å²) < 4.78 is 2.18. The first kappa shape index (κ1) is 20.9. The quantitative estimate of drug-likeness (QED) is 0.377. The van der Waals surface area contributed by atoms with E-state index in [0.29, 0.717) is 12.5 Å². The number of rotatable bonds is 7. The summed E-state index contributed by atoms with van der Waals surface area (Å²) in [6, 6.07) is 0. The van der Waals surface area contributed by atoms with Crippen LogP contribution in [0.15, 0.2) is 22.8 Å². The zero-order chi connectivity index (χ0) is 16.7. The normalized spacial score (nSPS) is 11.5. The van der Waals surface area contributed by atoms with Crippen LogP contribution >= 0.6 is 35.3 Å². The molecule has 0 spiro atoms. The van der Waals surface area contributed by atoms with Gasteiger partial charge in [0, 0.05) is 44.3 Å². The Hall–Kier alpha value is -1.16. The number of aryl methyl sites for hydroxylation is 1. The van der Waals surface area contributed by atoms with Crippen molar-refractivity contribution in [3.05, 3.63) is 34.3 Å². The highest BCUT2D eigenvalue weighted by Crippen LogP contribution is 2.07. The van der Waals surface area contributed by atoms with Crippen molar-refractivity contribution in [2.75, 3.05) is 13.6 Å². The lowest BCUT2D eigenvalue weighted by Gasteiger charge is -2.13. The topological polar surface area (TPSA) is 67.1 Å². The fourth-order valence-corrected chi connectivity index (χ4v) is 2.93. The Kier molecular flexibility index (Phi) is 9.27. The lowest BCUT2D eigenvalue weighted by Crippen LogP contribution is -2.38. The van der Waals surface area contributed by atoms with Gasteiger partial charge in [0.1, 0.15) is 5.82 Å². The molecule has 0 saturated heterocycles. The van der Waals surface area contributed by atoms with E-state index in [1.165, 1.54) is 0 Å². The van der Waals surface area contributed by atoms with Crippen LogP contribution in [0.4, 0.5) is 0 Å².